The lowest BCUT2D eigenvalue weighted by Gasteiger charge is -2.04. The van der Waals surface area contributed by atoms with Gasteiger partial charge in [0, 0.05) is 12.3 Å². The number of carbonyl (C=O) groups excluding carboxylic acids is 1. The third kappa shape index (κ3) is 10.6. The van der Waals surface area contributed by atoms with Crippen LogP contribution in [0.15, 0.2) is 35.6 Å². The summed E-state index contributed by atoms with van der Waals surface area (Å²) in [5, 5.41) is 0. The summed E-state index contributed by atoms with van der Waals surface area (Å²) in [4.78, 5) is 15.1. The summed E-state index contributed by atoms with van der Waals surface area (Å²) in [5.41, 5.74) is 1.32. The number of halogens is 1. The molecule has 0 fully saturated rings. The minimum absolute atomic E-state index is 0.314. The topological polar surface area (TPSA) is 39.2 Å². The van der Waals surface area contributed by atoms with Crippen LogP contribution in [0.5, 0.6) is 0 Å². The van der Waals surface area contributed by atoms with Crippen LogP contribution in [-0.2, 0) is 16.0 Å². The monoisotopic (exact) mass is 395 g/mol. The summed E-state index contributed by atoms with van der Waals surface area (Å²) >= 11 is 3.50. The lowest BCUT2D eigenvalue weighted by atomic mass is 10.0. The minimum Gasteiger partial charge on any atom is -0.463 e. The number of nitrogens with zero attached hydrogens (tertiary/aromatic N) is 1. The zero-order valence-electron chi connectivity index (χ0n) is 14.6. The number of hydrogen-bond donors (Lipinski definition) is 0. The van der Waals surface area contributed by atoms with Gasteiger partial charge in [-0.25, -0.2) is 9.78 Å². The molecule has 0 spiro atoms. The molecule has 0 unspecified atom stereocenters. The van der Waals surface area contributed by atoms with Gasteiger partial charge in [0.25, 0.3) is 0 Å². The van der Waals surface area contributed by atoms with Gasteiger partial charge in [-0.3, -0.25) is 0 Å². The predicted molar refractivity (Wildman–Crippen MR) is 103 cm³/mol. The van der Waals surface area contributed by atoms with E-state index in [0.717, 1.165) is 23.9 Å². The number of hydrogen-bond acceptors (Lipinski definition) is 3. The van der Waals surface area contributed by atoms with Crippen molar-refractivity contribution in [3.05, 3.63) is 41.2 Å². The molecule has 0 aromatic carbocycles. The quantitative estimate of drug-likeness (QED) is 0.167. The average molecular weight is 396 g/mol. The van der Waals surface area contributed by atoms with Gasteiger partial charge in [-0.05, 0) is 46.8 Å². The van der Waals surface area contributed by atoms with E-state index >= 15 is 0 Å². The Morgan fingerprint density at radius 3 is 2.21 bits per heavy atom. The molecule has 0 N–H and O–H groups in total. The highest BCUT2D eigenvalue weighted by atomic mass is 79.9. The first-order valence-electron chi connectivity index (χ1n) is 9.12. The maximum atomic E-state index is 10.8. The number of carbonyl (C=O) groups is 1. The van der Waals surface area contributed by atoms with Gasteiger partial charge in [0.1, 0.15) is 4.60 Å². The third-order valence-corrected chi connectivity index (χ3v) is 4.80. The summed E-state index contributed by atoms with van der Waals surface area (Å²) in [5.74, 6) is -0.314. The van der Waals surface area contributed by atoms with Gasteiger partial charge in [-0.2, -0.15) is 0 Å². The van der Waals surface area contributed by atoms with E-state index < -0.39 is 0 Å². The molecule has 4 heteroatoms. The molecule has 0 atom stereocenters. The number of ether oxygens (including phenoxy) is 1. The predicted octanol–water partition coefficient (Wildman–Crippen LogP) is 6.02. The minimum atomic E-state index is -0.314. The molecule has 0 amide bonds. The van der Waals surface area contributed by atoms with E-state index in [1.54, 1.807) is 0 Å². The van der Waals surface area contributed by atoms with Crippen LogP contribution in [0.4, 0.5) is 0 Å². The SMILES string of the molecule is C=CC(=O)OCCCCCCCCCCCCc1cccnc1Br. The van der Waals surface area contributed by atoms with Gasteiger partial charge >= 0.3 is 5.97 Å². The van der Waals surface area contributed by atoms with Crippen molar-refractivity contribution in [2.24, 2.45) is 0 Å². The van der Waals surface area contributed by atoms with E-state index in [2.05, 4.69) is 33.6 Å². The van der Waals surface area contributed by atoms with Crippen LogP contribution in [0.25, 0.3) is 0 Å². The highest BCUT2D eigenvalue weighted by Gasteiger charge is 2.00. The number of aromatic nitrogens is 1. The van der Waals surface area contributed by atoms with E-state index in [4.69, 9.17) is 4.74 Å². The molecular formula is C20H30BrNO2. The fourth-order valence-electron chi connectivity index (χ4n) is 2.67. The molecule has 134 valence electrons. The molecule has 0 radical (unpaired) electrons. The zero-order chi connectivity index (χ0) is 17.5. The molecule has 1 heterocycles. The molecule has 0 aliphatic heterocycles. The van der Waals surface area contributed by atoms with Crippen molar-refractivity contribution in [3.63, 3.8) is 0 Å². The summed E-state index contributed by atoms with van der Waals surface area (Å²) in [7, 11) is 0. The maximum Gasteiger partial charge on any atom is 0.330 e. The Morgan fingerprint density at radius 2 is 1.62 bits per heavy atom. The number of pyridine rings is 1. The van der Waals surface area contributed by atoms with Crippen LogP contribution in [0, 0.1) is 0 Å². The van der Waals surface area contributed by atoms with Crippen molar-refractivity contribution in [2.75, 3.05) is 6.61 Å². The first-order valence-corrected chi connectivity index (χ1v) is 9.92. The van der Waals surface area contributed by atoms with E-state index in [0.29, 0.717) is 6.61 Å². The lowest BCUT2D eigenvalue weighted by Crippen LogP contribution is -2.01. The molecule has 1 rings (SSSR count). The lowest BCUT2D eigenvalue weighted by molar-refractivity contribution is -0.137. The molecule has 0 bridgehead atoms. The Balaban J connectivity index is 1.82. The van der Waals surface area contributed by atoms with E-state index in [1.165, 1.54) is 63.0 Å². The third-order valence-electron chi connectivity index (χ3n) is 4.09. The number of unbranched alkanes of at least 4 members (excludes halogenated alkanes) is 9. The Kier molecular flexibility index (Phi) is 12.4. The van der Waals surface area contributed by atoms with E-state index in [1.807, 2.05) is 12.3 Å². The molecule has 3 nitrogen and oxygen atoms in total. The van der Waals surface area contributed by atoms with Crippen molar-refractivity contribution in [2.45, 2.75) is 70.6 Å². The molecule has 24 heavy (non-hydrogen) atoms. The second-order valence-corrected chi connectivity index (χ2v) is 6.86. The second kappa shape index (κ2) is 14.2. The molecule has 0 aliphatic carbocycles. The number of rotatable bonds is 14. The highest BCUT2D eigenvalue weighted by molar-refractivity contribution is 9.10. The average Bonchev–Trinajstić information content (AvgIpc) is 2.60. The van der Waals surface area contributed by atoms with Crippen molar-refractivity contribution in [1.82, 2.24) is 4.98 Å². The summed E-state index contributed by atoms with van der Waals surface area (Å²) in [6.07, 6.45) is 16.7. The fraction of sp³-hybridized carbons (Fsp3) is 0.600. The maximum absolute atomic E-state index is 10.8. The van der Waals surface area contributed by atoms with Gasteiger partial charge in [0.2, 0.25) is 0 Å². The molecule has 1 aromatic heterocycles. The van der Waals surface area contributed by atoms with Crippen molar-refractivity contribution >= 4 is 21.9 Å². The van der Waals surface area contributed by atoms with Crippen LogP contribution in [-0.4, -0.2) is 17.6 Å². The Hall–Kier alpha value is -1.16. The highest BCUT2D eigenvalue weighted by Crippen LogP contribution is 2.17. The molecule has 1 aromatic rings. The number of aryl methyl sites for hydroxylation is 1. The van der Waals surface area contributed by atoms with Crippen molar-refractivity contribution < 1.29 is 9.53 Å². The Labute approximate surface area is 155 Å². The first kappa shape index (κ1) is 20.9. The van der Waals surface area contributed by atoms with Crippen molar-refractivity contribution in [1.29, 1.82) is 0 Å². The van der Waals surface area contributed by atoms with Crippen LogP contribution < -0.4 is 0 Å². The largest absolute Gasteiger partial charge is 0.463 e. The van der Waals surface area contributed by atoms with E-state index in [9.17, 15) is 4.79 Å². The Morgan fingerprint density at radius 1 is 1.04 bits per heavy atom. The first-order chi connectivity index (χ1) is 11.7. The fourth-order valence-corrected chi connectivity index (χ4v) is 3.12. The summed E-state index contributed by atoms with van der Waals surface area (Å²) in [6, 6.07) is 4.15. The van der Waals surface area contributed by atoms with Gasteiger partial charge in [-0.15, -0.1) is 0 Å². The second-order valence-electron chi connectivity index (χ2n) is 6.11. The standard InChI is InChI=1S/C20H30BrNO2/c1-2-19(23)24-17-12-10-8-6-4-3-5-7-9-11-14-18-15-13-16-22-20(18)21/h2,13,15-16H,1,3-12,14,17H2. The summed E-state index contributed by atoms with van der Waals surface area (Å²) < 4.78 is 5.94. The van der Waals surface area contributed by atoms with Crippen molar-refractivity contribution in [3.8, 4) is 0 Å². The van der Waals surface area contributed by atoms with Crippen LogP contribution >= 0.6 is 15.9 Å². The number of esters is 1. The zero-order valence-corrected chi connectivity index (χ0v) is 16.2. The Bertz CT molecular complexity index is 476. The van der Waals surface area contributed by atoms with E-state index in [-0.39, 0.29) is 5.97 Å². The van der Waals surface area contributed by atoms with Crippen LogP contribution in [0.3, 0.4) is 0 Å². The smallest absolute Gasteiger partial charge is 0.330 e. The molecule has 0 saturated carbocycles. The van der Waals surface area contributed by atoms with Gasteiger partial charge < -0.3 is 4.74 Å². The van der Waals surface area contributed by atoms with Crippen LogP contribution in [0.2, 0.25) is 0 Å². The normalized spacial score (nSPS) is 10.5. The van der Waals surface area contributed by atoms with Gasteiger partial charge in [-0.1, -0.05) is 64.0 Å². The molecule has 0 saturated heterocycles. The van der Waals surface area contributed by atoms with Gasteiger partial charge in [0.15, 0.2) is 0 Å². The van der Waals surface area contributed by atoms with Crippen LogP contribution in [0.1, 0.15) is 69.8 Å². The summed E-state index contributed by atoms with van der Waals surface area (Å²) in [6.45, 7) is 3.90. The molecule has 0 aliphatic rings. The molecular weight excluding hydrogens is 366 g/mol. The van der Waals surface area contributed by atoms with Gasteiger partial charge in [0.05, 0.1) is 6.61 Å².